The summed E-state index contributed by atoms with van der Waals surface area (Å²) in [5, 5.41) is 9.90. The molecule has 10 nitrogen and oxygen atoms in total. The number of rotatable bonds is 6. The number of nitrogens with one attached hydrogen (secondary N) is 1. The molecule has 4 rings (SSSR count). The van der Waals surface area contributed by atoms with Gasteiger partial charge in [-0.3, -0.25) is 14.6 Å². The lowest BCUT2D eigenvalue weighted by atomic mass is 10.1. The van der Waals surface area contributed by atoms with E-state index in [0.29, 0.717) is 32.7 Å². The number of aromatic nitrogens is 2. The Morgan fingerprint density at radius 3 is 2.51 bits per heavy atom. The summed E-state index contributed by atoms with van der Waals surface area (Å²) in [5.41, 5.74) is 0.733. The van der Waals surface area contributed by atoms with Gasteiger partial charge in [-0.25, -0.2) is 22.6 Å². The maximum atomic E-state index is 15.1. The summed E-state index contributed by atoms with van der Waals surface area (Å²) in [6.07, 6.45) is 2.13. The molecule has 1 aliphatic heterocycles. The van der Waals surface area contributed by atoms with Crippen LogP contribution in [0.5, 0.6) is 5.88 Å². The summed E-state index contributed by atoms with van der Waals surface area (Å²) in [7, 11) is -4.22. The zero-order chi connectivity index (χ0) is 28.4. The van der Waals surface area contributed by atoms with Gasteiger partial charge in [-0.15, -0.1) is 0 Å². The molecule has 0 aliphatic carbocycles. The Morgan fingerprint density at radius 2 is 1.85 bits per heavy atom. The van der Waals surface area contributed by atoms with Gasteiger partial charge in [0.15, 0.2) is 4.90 Å². The van der Waals surface area contributed by atoms with Crippen molar-refractivity contribution in [1.82, 2.24) is 19.8 Å². The fourth-order valence-electron chi connectivity index (χ4n) is 4.00. The van der Waals surface area contributed by atoms with Gasteiger partial charge < -0.3 is 14.7 Å². The van der Waals surface area contributed by atoms with E-state index in [9.17, 15) is 18.3 Å². The van der Waals surface area contributed by atoms with E-state index in [4.69, 9.17) is 16.3 Å². The topological polar surface area (TPSA) is 125 Å². The first kappa shape index (κ1) is 28.5. The van der Waals surface area contributed by atoms with Crippen LogP contribution in [0.3, 0.4) is 0 Å². The van der Waals surface area contributed by atoms with Gasteiger partial charge in [-0.1, -0.05) is 17.7 Å². The van der Waals surface area contributed by atoms with Gasteiger partial charge in [0.25, 0.3) is 10.0 Å². The minimum absolute atomic E-state index is 0.0377. The molecule has 2 aromatic heterocycles. The molecule has 1 saturated heterocycles. The summed E-state index contributed by atoms with van der Waals surface area (Å²) in [4.78, 5) is 23.3. The largest absolute Gasteiger partial charge is 0.492 e. The van der Waals surface area contributed by atoms with Gasteiger partial charge in [0.05, 0.1) is 16.4 Å². The molecular weight excluding hydrogens is 549 g/mol. The van der Waals surface area contributed by atoms with E-state index < -0.39 is 32.2 Å². The highest BCUT2D eigenvalue weighted by Crippen LogP contribution is 2.28. The Balaban J connectivity index is 1.42. The van der Waals surface area contributed by atoms with Gasteiger partial charge in [-0.2, -0.15) is 0 Å². The molecule has 2 N–H and O–H groups in total. The van der Waals surface area contributed by atoms with Crippen LogP contribution in [0, 0.1) is 5.82 Å². The number of amides is 1. The number of benzene rings is 1. The molecule has 3 heterocycles. The minimum atomic E-state index is -4.22. The number of sulfonamides is 1. The highest BCUT2D eigenvalue weighted by molar-refractivity contribution is 7.92. The number of aromatic hydroxyl groups is 1. The lowest BCUT2D eigenvalue weighted by Gasteiger charge is -2.35. The molecule has 1 fully saturated rings. The molecular formula is C26H29ClFN5O5S. The predicted molar refractivity (Wildman–Crippen MR) is 144 cm³/mol. The average molecular weight is 578 g/mol. The molecule has 1 aliphatic rings. The lowest BCUT2D eigenvalue weighted by molar-refractivity contribution is 0.0139. The zero-order valence-corrected chi connectivity index (χ0v) is 23.3. The number of halogens is 2. The van der Waals surface area contributed by atoms with Crippen molar-refractivity contribution in [3.63, 3.8) is 0 Å². The van der Waals surface area contributed by atoms with Crippen molar-refractivity contribution in [2.24, 2.45) is 0 Å². The number of pyridine rings is 2. The van der Waals surface area contributed by atoms with E-state index >= 15 is 4.39 Å². The van der Waals surface area contributed by atoms with Crippen molar-refractivity contribution in [2.45, 2.75) is 37.8 Å². The van der Waals surface area contributed by atoms with Crippen molar-refractivity contribution in [3.05, 3.63) is 65.2 Å². The van der Waals surface area contributed by atoms with Crippen molar-refractivity contribution in [2.75, 3.05) is 30.9 Å². The highest BCUT2D eigenvalue weighted by Gasteiger charge is 2.26. The Morgan fingerprint density at radius 1 is 1.13 bits per heavy atom. The van der Waals surface area contributed by atoms with Crippen LogP contribution in [0.2, 0.25) is 5.02 Å². The van der Waals surface area contributed by atoms with Crippen LogP contribution < -0.4 is 4.72 Å². The molecule has 0 unspecified atom stereocenters. The van der Waals surface area contributed by atoms with Gasteiger partial charge in [-0.05, 0) is 56.7 Å². The smallest absolute Gasteiger partial charge is 0.410 e. The van der Waals surface area contributed by atoms with Gasteiger partial charge >= 0.3 is 6.09 Å². The molecule has 13 heteroatoms. The van der Waals surface area contributed by atoms with E-state index in [0.717, 1.165) is 17.8 Å². The maximum absolute atomic E-state index is 15.1. The van der Waals surface area contributed by atoms with Crippen LogP contribution in [-0.2, 0) is 21.3 Å². The first-order valence-electron chi connectivity index (χ1n) is 12.1. The number of carbonyl (C=O) groups is 1. The second-order valence-electron chi connectivity index (χ2n) is 10.1. The van der Waals surface area contributed by atoms with Gasteiger partial charge in [0.1, 0.15) is 11.4 Å². The molecule has 0 bridgehead atoms. The number of piperazine rings is 1. The quantitative estimate of drug-likeness (QED) is 0.439. The summed E-state index contributed by atoms with van der Waals surface area (Å²) >= 11 is 5.82. The van der Waals surface area contributed by atoms with E-state index in [1.807, 2.05) is 20.8 Å². The Hall–Kier alpha value is -3.48. The number of ether oxygens (including phenoxy) is 1. The third-order valence-electron chi connectivity index (χ3n) is 5.84. The van der Waals surface area contributed by atoms with Crippen LogP contribution in [-0.4, -0.2) is 71.2 Å². The summed E-state index contributed by atoms with van der Waals surface area (Å²) in [6.45, 7) is 8.28. The Bertz CT molecular complexity index is 1470. The van der Waals surface area contributed by atoms with Crippen LogP contribution in [0.1, 0.15) is 26.3 Å². The molecule has 3 aromatic rings. The number of hydrogen-bond donors (Lipinski definition) is 2. The van der Waals surface area contributed by atoms with Crippen LogP contribution >= 0.6 is 11.6 Å². The molecule has 0 radical (unpaired) electrons. The third kappa shape index (κ3) is 7.34. The Kier molecular flexibility index (Phi) is 8.28. The normalized spacial score (nSPS) is 14.7. The van der Waals surface area contributed by atoms with Crippen LogP contribution in [0.4, 0.5) is 14.9 Å². The van der Waals surface area contributed by atoms with E-state index in [-0.39, 0.29) is 28.1 Å². The van der Waals surface area contributed by atoms with Gasteiger partial charge in [0.2, 0.25) is 5.88 Å². The fraction of sp³-hybridized carbons (Fsp3) is 0.346. The van der Waals surface area contributed by atoms with Crippen LogP contribution in [0.25, 0.3) is 11.3 Å². The van der Waals surface area contributed by atoms with Crippen molar-refractivity contribution >= 4 is 33.4 Å². The van der Waals surface area contributed by atoms with Crippen molar-refractivity contribution in [1.29, 1.82) is 0 Å². The van der Waals surface area contributed by atoms with Gasteiger partial charge in [0, 0.05) is 50.7 Å². The SMILES string of the molecule is CC(C)(C)OC(=O)N1CCN(Cc2ccc(-c3cc(NS(=O)(=O)c4cc(Cl)cnc4O)ccn3)c(F)c2)CC1. The summed E-state index contributed by atoms with van der Waals surface area (Å²) in [6, 6.07) is 8.66. The van der Waals surface area contributed by atoms with Crippen molar-refractivity contribution < 1.29 is 27.4 Å². The third-order valence-corrected chi connectivity index (χ3v) is 7.43. The average Bonchev–Trinajstić information content (AvgIpc) is 2.85. The van der Waals surface area contributed by atoms with E-state index in [1.165, 1.54) is 24.4 Å². The minimum Gasteiger partial charge on any atom is -0.492 e. The van der Waals surface area contributed by atoms with E-state index in [1.54, 1.807) is 17.0 Å². The second-order valence-corrected chi connectivity index (χ2v) is 12.2. The lowest BCUT2D eigenvalue weighted by Crippen LogP contribution is -2.49. The number of hydrogen-bond acceptors (Lipinski definition) is 8. The number of carbonyl (C=O) groups excluding carboxylic acids is 1. The second kappa shape index (κ2) is 11.3. The van der Waals surface area contributed by atoms with E-state index in [2.05, 4.69) is 19.6 Å². The maximum Gasteiger partial charge on any atom is 0.410 e. The highest BCUT2D eigenvalue weighted by atomic mass is 35.5. The first-order valence-corrected chi connectivity index (χ1v) is 14.0. The Labute approximate surface area is 231 Å². The standard InChI is InChI=1S/C26H29ClFN5O5S/c1-26(2,3)38-25(35)33-10-8-32(9-11-33)16-17-4-5-20(21(28)12-17)22-14-19(6-7-29-22)31-39(36,37)23-13-18(27)15-30-24(23)34/h4-7,12-15H,8-11,16H2,1-3H3,(H,29,31)(H,30,34). The molecule has 1 aromatic carbocycles. The summed E-state index contributed by atoms with van der Waals surface area (Å²) in [5.74, 6) is -1.21. The number of nitrogens with zero attached hydrogens (tertiary/aromatic N) is 4. The first-order chi connectivity index (χ1) is 18.3. The van der Waals surface area contributed by atoms with Crippen molar-refractivity contribution in [3.8, 4) is 17.1 Å². The molecule has 39 heavy (non-hydrogen) atoms. The molecule has 208 valence electrons. The molecule has 0 atom stereocenters. The predicted octanol–water partition coefficient (Wildman–Crippen LogP) is 4.50. The monoisotopic (exact) mass is 577 g/mol. The molecule has 1 amide bonds. The molecule has 0 saturated carbocycles. The zero-order valence-electron chi connectivity index (χ0n) is 21.7. The fourth-order valence-corrected chi connectivity index (χ4v) is 5.35. The molecule has 0 spiro atoms. The summed E-state index contributed by atoms with van der Waals surface area (Å²) < 4.78 is 48.4. The number of anilines is 1. The van der Waals surface area contributed by atoms with Crippen LogP contribution in [0.15, 0.2) is 53.7 Å².